The number of nitrogens with two attached hydrogens (primary N) is 1. The van der Waals surface area contributed by atoms with Crippen molar-refractivity contribution in [3.63, 3.8) is 0 Å². The maximum absolute atomic E-state index is 5.84. The van der Waals surface area contributed by atoms with Crippen LogP contribution in [0.15, 0.2) is 34.9 Å². The van der Waals surface area contributed by atoms with E-state index in [2.05, 4.69) is 4.98 Å². The monoisotopic (exact) mass is 208 g/mol. The summed E-state index contributed by atoms with van der Waals surface area (Å²) in [6.45, 7) is 0.355. The molecule has 0 saturated carbocycles. The molecule has 0 aliphatic rings. The Morgan fingerprint density at radius 1 is 1.43 bits per heavy atom. The molecule has 0 bridgehead atoms. The topological polar surface area (TPSA) is 52.0 Å². The van der Waals surface area contributed by atoms with Crippen LogP contribution < -0.4 is 5.73 Å². The molecular weight excluding hydrogens is 200 g/mol. The lowest BCUT2D eigenvalue weighted by Crippen LogP contribution is -1.92. The van der Waals surface area contributed by atoms with Gasteiger partial charge in [-0.25, -0.2) is 4.98 Å². The van der Waals surface area contributed by atoms with Crippen LogP contribution in [0, 0.1) is 0 Å². The Bertz CT molecular complexity index is 439. The molecule has 1 aromatic carbocycles. The van der Waals surface area contributed by atoms with Gasteiger partial charge in [-0.15, -0.1) is 0 Å². The van der Waals surface area contributed by atoms with Gasteiger partial charge in [-0.3, -0.25) is 0 Å². The van der Waals surface area contributed by atoms with Crippen molar-refractivity contribution >= 4 is 11.6 Å². The molecule has 0 fully saturated rings. The summed E-state index contributed by atoms with van der Waals surface area (Å²) >= 11 is 5.84. The molecule has 0 radical (unpaired) electrons. The van der Waals surface area contributed by atoms with Gasteiger partial charge in [-0.1, -0.05) is 17.7 Å². The fourth-order valence-electron chi connectivity index (χ4n) is 1.16. The molecule has 0 aliphatic carbocycles. The highest BCUT2D eigenvalue weighted by Crippen LogP contribution is 2.21. The molecule has 1 aromatic heterocycles. The van der Waals surface area contributed by atoms with Gasteiger partial charge in [0.05, 0.1) is 12.7 Å². The van der Waals surface area contributed by atoms with Crippen LogP contribution in [0.4, 0.5) is 0 Å². The van der Waals surface area contributed by atoms with Crippen LogP contribution in [0.5, 0.6) is 0 Å². The molecular formula is C10H9ClN2O. The Morgan fingerprint density at radius 3 is 2.93 bits per heavy atom. The van der Waals surface area contributed by atoms with Gasteiger partial charge in [0.2, 0.25) is 5.89 Å². The van der Waals surface area contributed by atoms with E-state index in [1.165, 1.54) is 0 Å². The van der Waals surface area contributed by atoms with Crippen molar-refractivity contribution in [3.8, 4) is 11.5 Å². The Balaban J connectivity index is 2.39. The summed E-state index contributed by atoms with van der Waals surface area (Å²) in [5.74, 6) is 1.22. The summed E-state index contributed by atoms with van der Waals surface area (Å²) in [4.78, 5) is 4.09. The Labute approximate surface area is 86.5 Å². The van der Waals surface area contributed by atoms with Crippen molar-refractivity contribution in [2.75, 3.05) is 0 Å². The van der Waals surface area contributed by atoms with E-state index in [0.717, 1.165) is 5.56 Å². The minimum atomic E-state index is 0.355. The molecule has 0 spiro atoms. The zero-order valence-electron chi connectivity index (χ0n) is 7.40. The highest BCUT2D eigenvalue weighted by atomic mass is 35.5. The number of hydrogen-bond donors (Lipinski definition) is 1. The molecule has 2 aromatic rings. The van der Waals surface area contributed by atoms with Gasteiger partial charge in [0.1, 0.15) is 5.76 Å². The Kier molecular flexibility index (Phi) is 2.52. The van der Waals surface area contributed by atoms with Crippen LogP contribution in [-0.2, 0) is 6.54 Å². The third kappa shape index (κ3) is 1.78. The fraction of sp³-hybridized carbons (Fsp3) is 0.100. The zero-order chi connectivity index (χ0) is 9.97. The van der Waals surface area contributed by atoms with E-state index in [1.54, 1.807) is 18.3 Å². The van der Waals surface area contributed by atoms with Crippen LogP contribution in [0.2, 0.25) is 5.02 Å². The van der Waals surface area contributed by atoms with Crippen LogP contribution in [0.25, 0.3) is 11.5 Å². The van der Waals surface area contributed by atoms with Gasteiger partial charge >= 0.3 is 0 Å². The number of nitrogens with zero attached hydrogens (tertiary/aromatic N) is 1. The van der Waals surface area contributed by atoms with Crippen LogP contribution in [0.3, 0.4) is 0 Å². The molecule has 4 heteroatoms. The van der Waals surface area contributed by atoms with E-state index in [9.17, 15) is 0 Å². The van der Waals surface area contributed by atoms with Crippen molar-refractivity contribution in [2.45, 2.75) is 6.54 Å². The number of aromatic nitrogens is 1. The van der Waals surface area contributed by atoms with Crippen molar-refractivity contribution in [1.82, 2.24) is 4.98 Å². The molecule has 2 N–H and O–H groups in total. The number of halogens is 1. The fourth-order valence-corrected chi connectivity index (χ4v) is 1.35. The average molecular weight is 209 g/mol. The standard InChI is InChI=1S/C10H9ClN2O/c11-8-3-1-2-7(4-8)10-13-6-9(5-12)14-10/h1-4,6H,5,12H2. The molecule has 0 aliphatic heterocycles. The highest BCUT2D eigenvalue weighted by Gasteiger charge is 2.05. The van der Waals surface area contributed by atoms with Crippen molar-refractivity contribution in [2.24, 2.45) is 5.73 Å². The molecule has 14 heavy (non-hydrogen) atoms. The lowest BCUT2D eigenvalue weighted by molar-refractivity contribution is 0.521. The minimum absolute atomic E-state index is 0.355. The summed E-state index contributed by atoms with van der Waals surface area (Å²) in [7, 11) is 0. The van der Waals surface area contributed by atoms with Crippen LogP contribution >= 0.6 is 11.6 Å². The normalized spacial score (nSPS) is 10.4. The van der Waals surface area contributed by atoms with E-state index in [-0.39, 0.29) is 0 Å². The first-order valence-electron chi connectivity index (χ1n) is 4.20. The van der Waals surface area contributed by atoms with E-state index in [1.807, 2.05) is 12.1 Å². The molecule has 2 rings (SSSR count). The number of rotatable bonds is 2. The van der Waals surface area contributed by atoms with Crippen molar-refractivity contribution < 1.29 is 4.42 Å². The Hall–Kier alpha value is -1.32. The van der Waals surface area contributed by atoms with Crippen LogP contribution in [-0.4, -0.2) is 4.98 Å². The predicted molar refractivity (Wildman–Crippen MR) is 54.8 cm³/mol. The third-order valence-electron chi connectivity index (χ3n) is 1.83. The van der Waals surface area contributed by atoms with Gasteiger partial charge in [-0.2, -0.15) is 0 Å². The molecule has 0 atom stereocenters. The first-order chi connectivity index (χ1) is 6.79. The lowest BCUT2D eigenvalue weighted by Gasteiger charge is -1.95. The Morgan fingerprint density at radius 2 is 2.29 bits per heavy atom. The van der Waals surface area contributed by atoms with Gasteiger partial charge in [0.15, 0.2) is 0 Å². The van der Waals surface area contributed by atoms with Gasteiger partial charge in [0.25, 0.3) is 0 Å². The molecule has 72 valence electrons. The molecule has 0 unspecified atom stereocenters. The second-order valence-electron chi connectivity index (χ2n) is 2.85. The zero-order valence-corrected chi connectivity index (χ0v) is 8.16. The second kappa shape index (κ2) is 3.82. The van der Waals surface area contributed by atoms with Crippen molar-refractivity contribution in [3.05, 3.63) is 41.2 Å². The maximum atomic E-state index is 5.84. The maximum Gasteiger partial charge on any atom is 0.226 e. The molecule has 0 amide bonds. The largest absolute Gasteiger partial charge is 0.440 e. The summed E-state index contributed by atoms with van der Waals surface area (Å²) in [5, 5.41) is 0.662. The lowest BCUT2D eigenvalue weighted by atomic mass is 10.2. The molecule has 3 nitrogen and oxygen atoms in total. The smallest absolute Gasteiger partial charge is 0.226 e. The SMILES string of the molecule is NCc1cnc(-c2cccc(Cl)c2)o1. The molecule has 0 saturated heterocycles. The van der Waals surface area contributed by atoms with E-state index >= 15 is 0 Å². The number of hydrogen-bond acceptors (Lipinski definition) is 3. The van der Waals surface area contributed by atoms with Gasteiger partial charge < -0.3 is 10.2 Å². The van der Waals surface area contributed by atoms with Gasteiger partial charge in [-0.05, 0) is 18.2 Å². The van der Waals surface area contributed by atoms with E-state index in [0.29, 0.717) is 23.2 Å². The molecule has 1 heterocycles. The first kappa shape index (κ1) is 9.24. The van der Waals surface area contributed by atoms with Crippen LogP contribution in [0.1, 0.15) is 5.76 Å². The first-order valence-corrected chi connectivity index (χ1v) is 4.58. The predicted octanol–water partition coefficient (Wildman–Crippen LogP) is 2.45. The van der Waals surface area contributed by atoms with E-state index in [4.69, 9.17) is 21.8 Å². The quantitative estimate of drug-likeness (QED) is 0.825. The second-order valence-corrected chi connectivity index (χ2v) is 3.28. The summed E-state index contributed by atoms with van der Waals surface area (Å²) < 4.78 is 5.38. The summed E-state index contributed by atoms with van der Waals surface area (Å²) in [6.07, 6.45) is 1.62. The van der Waals surface area contributed by atoms with Gasteiger partial charge in [0, 0.05) is 10.6 Å². The summed E-state index contributed by atoms with van der Waals surface area (Å²) in [5.41, 5.74) is 6.27. The van der Waals surface area contributed by atoms with Crippen molar-refractivity contribution in [1.29, 1.82) is 0 Å². The number of benzene rings is 1. The minimum Gasteiger partial charge on any atom is -0.440 e. The number of oxazole rings is 1. The average Bonchev–Trinajstić information content (AvgIpc) is 2.66. The summed E-state index contributed by atoms with van der Waals surface area (Å²) in [6, 6.07) is 7.34. The van der Waals surface area contributed by atoms with E-state index < -0.39 is 0 Å². The third-order valence-corrected chi connectivity index (χ3v) is 2.06. The highest BCUT2D eigenvalue weighted by molar-refractivity contribution is 6.30.